The predicted octanol–water partition coefficient (Wildman–Crippen LogP) is 2.50. The van der Waals surface area contributed by atoms with Crippen molar-refractivity contribution >= 4 is 5.91 Å². The first kappa shape index (κ1) is 17.9. The molecule has 27 heavy (non-hydrogen) atoms. The van der Waals surface area contributed by atoms with Crippen molar-refractivity contribution in [3.05, 3.63) is 41.1 Å². The molecule has 1 N–H and O–H groups in total. The number of carbonyl (C=O) groups is 1. The summed E-state index contributed by atoms with van der Waals surface area (Å²) in [6, 6.07) is 2.92. The van der Waals surface area contributed by atoms with Crippen LogP contribution in [0.4, 0.5) is 4.39 Å². The first-order valence-corrected chi connectivity index (χ1v) is 9.20. The third-order valence-electron chi connectivity index (χ3n) is 4.92. The number of halogens is 1. The highest BCUT2D eigenvalue weighted by Gasteiger charge is 2.30. The minimum absolute atomic E-state index is 0.112. The molecule has 3 heterocycles. The fraction of sp³-hybridized carbons (Fsp3) is 0.450. The molecule has 0 radical (unpaired) electrons. The van der Waals surface area contributed by atoms with E-state index in [-0.39, 0.29) is 23.9 Å². The van der Waals surface area contributed by atoms with Crippen LogP contribution >= 0.6 is 0 Å². The van der Waals surface area contributed by atoms with Crippen LogP contribution in [-0.4, -0.2) is 41.2 Å². The van der Waals surface area contributed by atoms with Crippen molar-refractivity contribution in [1.29, 1.82) is 0 Å². The molecule has 1 saturated heterocycles. The van der Waals surface area contributed by atoms with E-state index in [1.807, 2.05) is 13.8 Å². The maximum atomic E-state index is 14.2. The molecule has 2 aromatic rings. The van der Waals surface area contributed by atoms with Crippen LogP contribution in [0.5, 0.6) is 5.75 Å². The second-order valence-electron chi connectivity index (χ2n) is 7.08. The molecule has 0 spiro atoms. The van der Waals surface area contributed by atoms with Gasteiger partial charge in [-0.3, -0.25) is 9.78 Å². The van der Waals surface area contributed by atoms with Gasteiger partial charge in [0.1, 0.15) is 23.8 Å². The summed E-state index contributed by atoms with van der Waals surface area (Å²) in [7, 11) is 0. The number of benzene rings is 1. The van der Waals surface area contributed by atoms with Gasteiger partial charge < -0.3 is 14.8 Å². The van der Waals surface area contributed by atoms with E-state index in [1.54, 1.807) is 6.20 Å². The Kier molecular flexibility index (Phi) is 4.78. The standard InChI is InChI=1S/C20H22FN3O3/c1-11-9-22-12(2)18(24-11)16-8-14(21)6-13-7-15(27-19(13)16)10-23-20(25)17-4-3-5-26-17/h6,8-9,15,17H,3-5,7,10H2,1-2H3,(H,23,25)/t15-,17+/m0/s1. The van der Waals surface area contributed by atoms with E-state index in [2.05, 4.69) is 15.3 Å². The summed E-state index contributed by atoms with van der Waals surface area (Å²) < 4.78 is 25.7. The number of nitrogens with one attached hydrogen (secondary N) is 1. The zero-order chi connectivity index (χ0) is 19.0. The highest BCUT2D eigenvalue weighted by atomic mass is 19.1. The van der Waals surface area contributed by atoms with Crippen LogP contribution in [0, 0.1) is 19.7 Å². The van der Waals surface area contributed by atoms with E-state index in [1.165, 1.54) is 12.1 Å². The number of rotatable bonds is 4. The molecule has 1 aromatic carbocycles. The summed E-state index contributed by atoms with van der Waals surface area (Å²) in [6.45, 7) is 4.67. The molecule has 1 fully saturated rings. The second kappa shape index (κ2) is 7.23. The van der Waals surface area contributed by atoms with Gasteiger partial charge in [0.25, 0.3) is 0 Å². The molecule has 0 unspecified atom stereocenters. The highest BCUT2D eigenvalue weighted by Crippen LogP contribution is 2.39. The Morgan fingerprint density at radius 2 is 2.22 bits per heavy atom. The van der Waals surface area contributed by atoms with Gasteiger partial charge in [0.15, 0.2) is 0 Å². The van der Waals surface area contributed by atoms with Gasteiger partial charge in [0.2, 0.25) is 5.91 Å². The normalized spacial score (nSPS) is 21.0. The van der Waals surface area contributed by atoms with Gasteiger partial charge in [-0.05, 0) is 38.8 Å². The van der Waals surface area contributed by atoms with E-state index in [4.69, 9.17) is 9.47 Å². The van der Waals surface area contributed by atoms with Crippen molar-refractivity contribution in [1.82, 2.24) is 15.3 Å². The second-order valence-corrected chi connectivity index (χ2v) is 7.08. The van der Waals surface area contributed by atoms with E-state index >= 15 is 0 Å². The lowest BCUT2D eigenvalue weighted by Gasteiger charge is -2.15. The molecule has 0 bridgehead atoms. The van der Waals surface area contributed by atoms with Crippen molar-refractivity contribution in [3.63, 3.8) is 0 Å². The number of amides is 1. The maximum Gasteiger partial charge on any atom is 0.249 e. The fourth-order valence-electron chi connectivity index (χ4n) is 3.59. The molecule has 0 saturated carbocycles. The molecule has 2 atom stereocenters. The Morgan fingerprint density at radius 1 is 1.37 bits per heavy atom. The molecular formula is C20H22FN3O3. The van der Waals surface area contributed by atoms with Gasteiger partial charge in [0, 0.05) is 30.4 Å². The third-order valence-corrected chi connectivity index (χ3v) is 4.92. The van der Waals surface area contributed by atoms with Crippen molar-refractivity contribution in [3.8, 4) is 17.0 Å². The highest BCUT2D eigenvalue weighted by molar-refractivity contribution is 5.81. The smallest absolute Gasteiger partial charge is 0.249 e. The van der Waals surface area contributed by atoms with Gasteiger partial charge in [-0.2, -0.15) is 0 Å². The number of aryl methyl sites for hydroxylation is 2. The molecule has 0 aliphatic carbocycles. The fourth-order valence-corrected chi connectivity index (χ4v) is 3.59. The lowest BCUT2D eigenvalue weighted by atomic mass is 10.0. The molecular weight excluding hydrogens is 349 g/mol. The number of nitrogens with zero attached hydrogens (tertiary/aromatic N) is 2. The van der Waals surface area contributed by atoms with Crippen LogP contribution in [0.3, 0.4) is 0 Å². The van der Waals surface area contributed by atoms with Gasteiger partial charge in [-0.15, -0.1) is 0 Å². The molecule has 1 amide bonds. The molecule has 1 aromatic heterocycles. The number of aromatic nitrogens is 2. The lowest BCUT2D eigenvalue weighted by Crippen LogP contribution is -2.40. The molecule has 142 valence electrons. The quantitative estimate of drug-likeness (QED) is 0.894. The van der Waals surface area contributed by atoms with Gasteiger partial charge in [-0.25, -0.2) is 9.37 Å². The minimum atomic E-state index is -0.369. The third kappa shape index (κ3) is 3.64. The maximum absolute atomic E-state index is 14.2. The van der Waals surface area contributed by atoms with E-state index in [0.29, 0.717) is 42.3 Å². The number of ether oxygens (including phenoxy) is 2. The van der Waals surface area contributed by atoms with Crippen LogP contribution in [0.2, 0.25) is 0 Å². The Bertz CT molecular complexity index is 881. The Hall–Kier alpha value is -2.54. The van der Waals surface area contributed by atoms with E-state index in [0.717, 1.165) is 24.1 Å². The SMILES string of the molecule is Cc1cnc(C)c(-c2cc(F)cc3c2O[C@H](CNC(=O)[C@H]2CCCO2)C3)n1. The van der Waals surface area contributed by atoms with Crippen LogP contribution in [0.15, 0.2) is 18.3 Å². The van der Waals surface area contributed by atoms with Crippen LogP contribution in [0.1, 0.15) is 29.8 Å². The monoisotopic (exact) mass is 371 g/mol. The zero-order valence-corrected chi connectivity index (χ0v) is 15.4. The zero-order valence-electron chi connectivity index (χ0n) is 15.4. The van der Waals surface area contributed by atoms with Crippen molar-refractivity contribution in [2.24, 2.45) is 0 Å². The van der Waals surface area contributed by atoms with Crippen molar-refractivity contribution in [2.75, 3.05) is 13.2 Å². The summed E-state index contributed by atoms with van der Waals surface area (Å²) in [5, 5.41) is 2.89. The summed E-state index contributed by atoms with van der Waals surface area (Å²) >= 11 is 0. The number of carbonyl (C=O) groups excluding carboxylic acids is 1. The molecule has 6 nitrogen and oxygen atoms in total. The minimum Gasteiger partial charge on any atom is -0.487 e. The molecule has 7 heteroatoms. The Balaban J connectivity index is 1.53. The van der Waals surface area contributed by atoms with Gasteiger partial charge in [0.05, 0.1) is 23.6 Å². The predicted molar refractivity (Wildman–Crippen MR) is 97.0 cm³/mol. The molecule has 4 rings (SSSR count). The Morgan fingerprint density at radius 3 is 3.00 bits per heavy atom. The summed E-state index contributed by atoms with van der Waals surface area (Å²) in [5.74, 6) is 0.175. The van der Waals surface area contributed by atoms with E-state index in [9.17, 15) is 9.18 Å². The van der Waals surface area contributed by atoms with E-state index < -0.39 is 0 Å². The summed E-state index contributed by atoms with van der Waals surface area (Å²) in [4.78, 5) is 21.0. The van der Waals surface area contributed by atoms with Crippen LogP contribution in [-0.2, 0) is 16.0 Å². The molecule has 2 aliphatic heterocycles. The number of fused-ring (bicyclic) bond motifs is 1. The van der Waals surface area contributed by atoms with Crippen molar-refractivity contribution < 1.29 is 18.7 Å². The van der Waals surface area contributed by atoms with Crippen molar-refractivity contribution in [2.45, 2.75) is 45.3 Å². The average molecular weight is 371 g/mol. The Labute approximate surface area is 157 Å². The van der Waals surface area contributed by atoms with Gasteiger partial charge in [-0.1, -0.05) is 0 Å². The largest absolute Gasteiger partial charge is 0.487 e. The first-order valence-electron chi connectivity index (χ1n) is 9.20. The number of hydrogen-bond donors (Lipinski definition) is 1. The topological polar surface area (TPSA) is 73.3 Å². The number of hydrogen-bond acceptors (Lipinski definition) is 5. The van der Waals surface area contributed by atoms with Crippen LogP contribution in [0.25, 0.3) is 11.3 Å². The van der Waals surface area contributed by atoms with Gasteiger partial charge >= 0.3 is 0 Å². The first-order chi connectivity index (χ1) is 13.0. The summed E-state index contributed by atoms with van der Waals surface area (Å²) in [5.41, 5.74) is 3.48. The lowest BCUT2D eigenvalue weighted by molar-refractivity contribution is -0.130. The summed E-state index contributed by atoms with van der Waals surface area (Å²) in [6.07, 6.45) is 3.25. The average Bonchev–Trinajstić information content (AvgIpc) is 3.30. The van der Waals surface area contributed by atoms with Crippen LogP contribution < -0.4 is 10.1 Å². The molecule has 2 aliphatic rings.